The summed E-state index contributed by atoms with van der Waals surface area (Å²) in [5.74, 6) is -0.298. The minimum absolute atomic E-state index is 0.298. The van der Waals surface area contributed by atoms with Gasteiger partial charge in [-0.25, -0.2) is 4.79 Å². The first-order valence-electron chi connectivity index (χ1n) is 4.32. The number of carbonyl (C=O) groups is 1. The van der Waals surface area contributed by atoms with Crippen LogP contribution >= 0.6 is 11.6 Å². The van der Waals surface area contributed by atoms with Crippen LogP contribution in [0.5, 0.6) is 0 Å². The molecular formula is C11H11ClO2. The maximum atomic E-state index is 11.3. The van der Waals surface area contributed by atoms with Gasteiger partial charge in [0.15, 0.2) is 0 Å². The predicted molar refractivity (Wildman–Crippen MR) is 56.3 cm³/mol. The number of rotatable bonds is 4. The number of hydrogen-bond acceptors (Lipinski definition) is 2. The van der Waals surface area contributed by atoms with Gasteiger partial charge in [0.1, 0.15) is 0 Å². The van der Waals surface area contributed by atoms with Gasteiger partial charge < -0.3 is 4.74 Å². The molecule has 0 saturated carbocycles. The molecule has 0 bridgehead atoms. The van der Waals surface area contributed by atoms with Gasteiger partial charge in [-0.3, -0.25) is 0 Å². The highest BCUT2D eigenvalue weighted by atomic mass is 35.5. The summed E-state index contributed by atoms with van der Waals surface area (Å²) >= 11 is 5.31. The lowest BCUT2D eigenvalue weighted by Crippen LogP contribution is -2.05. The third-order valence-corrected chi connectivity index (χ3v) is 1.79. The third-order valence-electron chi connectivity index (χ3n) is 1.62. The van der Waals surface area contributed by atoms with E-state index in [0.717, 1.165) is 0 Å². The predicted octanol–water partition coefficient (Wildman–Crippen LogP) is 2.99. The van der Waals surface area contributed by atoms with Crippen LogP contribution in [0.1, 0.15) is 16.8 Å². The van der Waals surface area contributed by atoms with Crippen LogP contribution in [-0.2, 0) is 4.74 Å². The van der Waals surface area contributed by atoms with E-state index >= 15 is 0 Å². The Morgan fingerprint density at radius 3 is 2.71 bits per heavy atom. The Hall–Kier alpha value is -1.28. The molecule has 0 aliphatic carbocycles. The molecule has 0 spiro atoms. The van der Waals surface area contributed by atoms with Gasteiger partial charge in [-0.1, -0.05) is 35.9 Å². The third kappa shape index (κ3) is 3.62. The van der Waals surface area contributed by atoms with Crippen molar-refractivity contribution in [3.63, 3.8) is 0 Å². The molecule has 0 radical (unpaired) electrons. The lowest BCUT2D eigenvalue weighted by molar-refractivity contribution is 0.0512. The molecule has 0 heterocycles. The fourth-order valence-electron chi connectivity index (χ4n) is 0.940. The van der Waals surface area contributed by atoms with Crippen molar-refractivity contribution in [2.75, 3.05) is 6.61 Å². The summed E-state index contributed by atoms with van der Waals surface area (Å²) in [4.78, 5) is 11.3. The first-order chi connectivity index (χ1) is 6.84. The van der Waals surface area contributed by atoms with E-state index in [9.17, 15) is 4.79 Å². The van der Waals surface area contributed by atoms with Gasteiger partial charge in [0.25, 0.3) is 0 Å². The van der Waals surface area contributed by atoms with E-state index in [0.29, 0.717) is 18.6 Å². The van der Waals surface area contributed by atoms with Crippen LogP contribution in [-0.4, -0.2) is 12.6 Å². The minimum Gasteiger partial charge on any atom is -0.462 e. The van der Waals surface area contributed by atoms with Crippen LogP contribution in [0.25, 0.3) is 0 Å². The van der Waals surface area contributed by atoms with E-state index in [1.807, 2.05) is 6.07 Å². The molecule has 2 nitrogen and oxygen atoms in total. The van der Waals surface area contributed by atoms with Crippen molar-refractivity contribution in [3.8, 4) is 0 Å². The quantitative estimate of drug-likeness (QED) is 0.564. The molecule has 0 unspecified atom stereocenters. The van der Waals surface area contributed by atoms with Gasteiger partial charge in [0.2, 0.25) is 0 Å². The number of halogens is 1. The molecule has 0 atom stereocenters. The Labute approximate surface area is 88.1 Å². The lowest BCUT2D eigenvalue weighted by Gasteiger charge is -2.01. The Morgan fingerprint density at radius 1 is 1.36 bits per heavy atom. The van der Waals surface area contributed by atoms with Crippen molar-refractivity contribution >= 4 is 17.6 Å². The van der Waals surface area contributed by atoms with Crippen LogP contribution in [0.15, 0.2) is 41.9 Å². The fourth-order valence-corrected chi connectivity index (χ4v) is 1.07. The maximum Gasteiger partial charge on any atom is 0.338 e. The first-order valence-corrected chi connectivity index (χ1v) is 4.75. The minimum atomic E-state index is -0.298. The highest BCUT2D eigenvalue weighted by Crippen LogP contribution is 2.01. The molecule has 0 aromatic heterocycles. The van der Waals surface area contributed by atoms with Crippen LogP contribution in [0.3, 0.4) is 0 Å². The zero-order chi connectivity index (χ0) is 10.2. The molecule has 1 aromatic rings. The molecule has 0 aliphatic rings. The number of carbonyl (C=O) groups excluding carboxylic acids is 1. The molecule has 0 N–H and O–H groups in total. The van der Waals surface area contributed by atoms with Crippen LogP contribution < -0.4 is 0 Å². The van der Waals surface area contributed by atoms with E-state index in [2.05, 4.69) is 0 Å². The second-order valence-corrected chi connectivity index (χ2v) is 2.90. The number of benzene rings is 1. The highest BCUT2D eigenvalue weighted by molar-refractivity contribution is 6.25. The monoisotopic (exact) mass is 210 g/mol. The normalized spacial score (nSPS) is 10.4. The largest absolute Gasteiger partial charge is 0.462 e. The van der Waals surface area contributed by atoms with E-state index in [4.69, 9.17) is 16.3 Å². The summed E-state index contributed by atoms with van der Waals surface area (Å²) in [5, 5.41) is 0. The van der Waals surface area contributed by atoms with Crippen molar-refractivity contribution in [1.29, 1.82) is 0 Å². The number of ether oxygens (including phenoxy) is 1. The van der Waals surface area contributed by atoms with Crippen LogP contribution in [0.4, 0.5) is 0 Å². The van der Waals surface area contributed by atoms with E-state index in [1.165, 1.54) is 5.54 Å². The summed E-state index contributed by atoms with van der Waals surface area (Å²) < 4.78 is 4.98. The topological polar surface area (TPSA) is 26.3 Å². The van der Waals surface area contributed by atoms with Crippen LogP contribution in [0, 0.1) is 0 Å². The van der Waals surface area contributed by atoms with Crippen molar-refractivity contribution in [1.82, 2.24) is 0 Å². The van der Waals surface area contributed by atoms with Gasteiger partial charge in [-0.2, -0.15) is 0 Å². The zero-order valence-electron chi connectivity index (χ0n) is 7.65. The summed E-state index contributed by atoms with van der Waals surface area (Å²) in [6, 6.07) is 8.90. The average molecular weight is 211 g/mol. The van der Waals surface area contributed by atoms with Crippen molar-refractivity contribution in [3.05, 3.63) is 47.5 Å². The second-order valence-electron chi connectivity index (χ2n) is 2.65. The molecule has 3 heteroatoms. The van der Waals surface area contributed by atoms with Gasteiger partial charge in [0, 0.05) is 12.0 Å². The summed E-state index contributed by atoms with van der Waals surface area (Å²) in [5.41, 5.74) is 1.98. The zero-order valence-corrected chi connectivity index (χ0v) is 8.41. The molecule has 0 fully saturated rings. The summed E-state index contributed by atoms with van der Waals surface area (Å²) in [6.07, 6.45) is 2.38. The Bertz CT molecular complexity index is 306. The SMILES string of the molecule is O=C(OCC/C=C/Cl)c1ccccc1. The molecule has 74 valence electrons. The van der Waals surface area contributed by atoms with Crippen molar-refractivity contribution < 1.29 is 9.53 Å². The smallest absolute Gasteiger partial charge is 0.338 e. The van der Waals surface area contributed by atoms with Gasteiger partial charge in [-0.05, 0) is 12.1 Å². The second kappa shape index (κ2) is 6.22. The first kappa shape index (κ1) is 10.8. The van der Waals surface area contributed by atoms with Gasteiger partial charge in [-0.15, -0.1) is 0 Å². The Morgan fingerprint density at radius 2 is 2.07 bits per heavy atom. The Balaban J connectivity index is 2.36. The van der Waals surface area contributed by atoms with Crippen LogP contribution in [0.2, 0.25) is 0 Å². The highest BCUT2D eigenvalue weighted by Gasteiger charge is 2.03. The van der Waals surface area contributed by atoms with Gasteiger partial charge in [0.05, 0.1) is 12.2 Å². The van der Waals surface area contributed by atoms with E-state index < -0.39 is 0 Å². The molecule has 1 rings (SSSR count). The average Bonchev–Trinajstić information content (AvgIpc) is 2.25. The molecule has 0 saturated heterocycles. The van der Waals surface area contributed by atoms with E-state index in [1.54, 1.807) is 30.3 Å². The molecular weight excluding hydrogens is 200 g/mol. The molecule has 1 aromatic carbocycles. The fraction of sp³-hybridized carbons (Fsp3) is 0.182. The lowest BCUT2D eigenvalue weighted by atomic mass is 10.2. The standard InChI is InChI=1S/C11H11ClO2/c12-8-4-5-9-14-11(13)10-6-2-1-3-7-10/h1-4,6-8H,5,9H2/b8-4+. The van der Waals surface area contributed by atoms with E-state index in [-0.39, 0.29) is 5.97 Å². The van der Waals surface area contributed by atoms with Crippen molar-refractivity contribution in [2.24, 2.45) is 0 Å². The van der Waals surface area contributed by atoms with Gasteiger partial charge >= 0.3 is 5.97 Å². The summed E-state index contributed by atoms with van der Waals surface area (Å²) in [6.45, 7) is 0.358. The Kier molecular flexibility index (Phi) is 4.79. The number of hydrogen-bond donors (Lipinski definition) is 0. The summed E-state index contributed by atoms with van der Waals surface area (Å²) in [7, 11) is 0. The van der Waals surface area contributed by atoms with Crippen molar-refractivity contribution in [2.45, 2.75) is 6.42 Å². The molecule has 0 aliphatic heterocycles. The number of esters is 1. The maximum absolute atomic E-state index is 11.3. The molecule has 14 heavy (non-hydrogen) atoms. The molecule has 0 amide bonds.